The number of carbonyl (C=O) groups excluding carboxylic acids is 2. The maximum Gasteiger partial charge on any atom is 0.314 e. The highest BCUT2D eigenvalue weighted by Crippen LogP contribution is 2.11. The zero-order valence-electron chi connectivity index (χ0n) is 12.2. The summed E-state index contributed by atoms with van der Waals surface area (Å²) in [6.07, 6.45) is 3.36. The van der Waals surface area contributed by atoms with Crippen LogP contribution >= 0.6 is 0 Å². The lowest BCUT2D eigenvalue weighted by molar-refractivity contribution is -0.137. The molecule has 3 amide bonds. The van der Waals surface area contributed by atoms with E-state index in [0.29, 0.717) is 13.0 Å². The summed E-state index contributed by atoms with van der Waals surface area (Å²) in [5.74, 6) is -1.24. The lowest BCUT2D eigenvalue weighted by Crippen LogP contribution is -2.45. The number of nitrogens with one attached hydrogen (secondary N) is 2. The molecule has 0 saturated carbocycles. The molecule has 0 aromatic carbocycles. The van der Waals surface area contributed by atoms with Gasteiger partial charge in [0.2, 0.25) is 5.91 Å². The minimum absolute atomic E-state index is 0.187. The molecule has 7 heteroatoms. The number of hydrogen-bond acceptors (Lipinski definition) is 3. The fraction of sp³-hybridized carbons (Fsp3) is 0.769. The standard InChI is InChI=1S/C13H25N3O4/c1-13(2,11(14)19)9-16-12(20)15-8-6-4-3-5-7-10(17)18/h3-9H2,1-2H3,(H2,14,19)(H,17,18)(H2,15,16,20). The monoisotopic (exact) mass is 287 g/mol. The van der Waals surface area contributed by atoms with E-state index >= 15 is 0 Å². The molecule has 20 heavy (non-hydrogen) atoms. The number of carboxylic acids is 1. The first kappa shape index (κ1) is 18.2. The van der Waals surface area contributed by atoms with Crippen LogP contribution < -0.4 is 16.4 Å². The Morgan fingerprint density at radius 1 is 1.05 bits per heavy atom. The van der Waals surface area contributed by atoms with Gasteiger partial charge in [0.25, 0.3) is 0 Å². The van der Waals surface area contributed by atoms with Crippen LogP contribution in [0.3, 0.4) is 0 Å². The minimum Gasteiger partial charge on any atom is -0.481 e. The number of rotatable bonds is 10. The van der Waals surface area contributed by atoms with Crippen LogP contribution in [0, 0.1) is 5.41 Å². The van der Waals surface area contributed by atoms with E-state index in [0.717, 1.165) is 19.3 Å². The van der Waals surface area contributed by atoms with Crippen LogP contribution in [-0.4, -0.2) is 36.1 Å². The molecule has 0 saturated heterocycles. The van der Waals surface area contributed by atoms with Gasteiger partial charge in [-0.3, -0.25) is 9.59 Å². The van der Waals surface area contributed by atoms with Gasteiger partial charge >= 0.3 is 12.0 Å². The van der Waals surface area contributed by atoms with E-state index in [-0.39, 0.29) is 19.0 Å². The first-order valence-electron chi connectivity index (χ1n) is 6.79. The first-order chi connectivity index (χ1) is 9.25. The molecule has 7 nitrogen and oxygen atoms in total. The van der Waals surface area contributed by atoms with Crippen LogP contribution in [0.4, 0.5) is 4.79 Å². The van der Waals surface area contributed by atoms with Crippen LogP contribution in [0.5, 0.6) is 0 Å². The molecule has 5 N–H and O–H groups in total. The van der Waals surface area contributed by atoms with Crippen LogP contribution in [0.1, 0.15) is 46.0 Å². The molecule has 0 aromatic heterocycles. The molecule has 0 unspecified atom stereocenters. The molecule has 0 rings (SSSR count). The third-order valence-electron chi connectivity index (χ3n) is 2.96. The van der Waals surface area contributed by atoms with Crippen molar-refractivity contribution in [1.29, 1.82) is 0 Å². The second-order valence-corrected chi connectivity index (χ2v) is 5.42. The fourth-order valence-electron chi connectivity index (χ4n) is 1.41. The molecule has 0 heterocycles. The van der Waals surface area contributed by atoms with Gasteiger partial charge in [-0.25, -0.2) is 4.79 Å². The van der Waals surface area contributed by atoms with Gasteiger partial charge in [-0.1, -0.05) is 12.8 Å². The molecular weight excluding hydrogens is 262 g/mol. The number of carboxylic acid groups (broad SMARTS) is 1. The third-order valence-corrected chi connectivity index (χ3v) is 2.96. The number of nitrogens with two attached hydrogens (primary N) is 1. The Kier molecular flexibility index (Phi) is 8.35. The van der Waals surface area contributed by atoms with E-state index in [1.54, 1.807) is 13.8 Å². The summed E-state index contributed by atoms with van der Waals surface area (Å²) in [6.45, 7) is 4.04. The zero-order chi connectivity index (χ0) is 15.6. The van der Waals surface area contributed by atoms with Gasteiger partial charge in [0.15, 0.2) is 0 Å². The van der Waals surface area contributed by atoms with E-state index in [9.17, 15) is 14.4 Å². The smallest absolute Gasteiger partial charge is 0.314 e. The quantitative estimate of drug-likeness (QED) is 0.444. The Morgan fingerprint density at radius 2 is 1.65 bits per heavy atom. The molecule has 0 atom stereocenters. The molecule has 0 radical (unpaired) electrons. The van der Waals surface area contributed by atoms with E-state index in [1.807, 2.05) is 0 Å². The molecule has 116 valence electrons. The van der Waals surface area contributed by atoms with Gasteiger partial charge in [-0.05, 0) is 26.7 Å². The number of amides is 3. The van der Waals surface area contributed by atoms with Crippen LogP contribution in [0.25, 0.3) is 0 Å². The summed E-state index contributed by atoms with van der Waals surface area (Å²) in [6, 6.07) is -0.329. The Labute approximate surface area is 119 Å². The number of hydrogen-bond donors (Lipinski definition) is 4. The Hall–Kier alpha value is -1.79. The molecule has 0 aliphatic carbocycles. The summed E-state index contributed by atoms with van der Waals surface area (Å²) >= 11 is 0. The van der Waals surface area contributed by atoms with Crippen LogP contribution in [0.2, 0.25) is 0 Å². The third kappa shape index (κ3) is 9.18. The highest BCUT2D eigenvalue weighted by molar-refractivity contribution is 5.81. The van der Waals surface area contributed by atoms with Crippen molar-refractivity contribution in [2.45, 2.75) is 46.0 Å². The lowest BCUT2D eigenvalue weighted by Gasteiger charge is -2.20. The van der Waals surface area contributed by atoms with E-state index < -0.39 is 17.3 Å². The van der Waals surface area contributed by atoms with Crippen molar-refractivity contribution >= 4 is 17.9 Å². The highest BCUT2D eigenvalue weighted by atomic mass is 16.4. The van der Waals surface area contributed by atoms with E-state index in [4.69, 9.17) is 10.8 Å². The summed E-state index contributed by atoms with van der Waals surface area (Å²) in [5, 5.41) is 13.7. The van der Waals surface area contributed by atoms with Gasteiger partial charge in [0.05, 0.1) is 5.41 Å². The van der Waals surface area contributed by atoms with Crippen molar-refractivity contribution in [3.63, 3.8) is 0 Å². The Bertz CT molecular complexity index is 343. The molecular formula is C13H25N3O4. The SMILES string of the molecule is CC(C)(CNC(=O)NCCCCCCC(=O)O)C(N)=O. The van der Waals surface area contributed by atoms with Crippen molar-refractivity contribution in [3.05, 3.63) is 0 Å². The Balaban J connectivity index is 3.55. The number of primary amides is 1. The van der Waals surface area contributed by atoms with Gasteiger partial charge in [-0.2, -0.15) is 0 Å². The second kappa shape index (κ2) is 9.17. The van der Waals surface area contributed by atoms with Crippen molar-refractivity contribution < 1.29 is 19.5 Å². The predicted molar refractivity (Wildman–Crippen MR) is 75.1 cm³/mol. The van der Waals surface area contributed by atoms with Gasteiger partial charge < -0.3 is 21.5 Å². The van der Waals surface area contributed by atoms with Crippen molar-refractivity contribution in [2.75, 3.05) is 13.1 Å². The van der Waals surface area contributed by atoms with E-state index in [1.165, 1.54) is 0 Å². The molecule has 0 aromatic rings. The number of unbranched alkanes of at least 4 members (excludes halogenated alkanes) is 3. The molecule has 0 aliphatic heterocycles. The second-order valence-electron chi connectivity index (χ2n) is 5.42. The van der Waals surface area contributed by atoms with Crippen LogP contribution in [-0.2, 0) is 9.59 Å². The van der Waals surface area contributed by atoms with Crippen LogP contribution in [0.15, 0.2) is 0 Å². The highest BCUT2D eigenvalue weighted by Gasteiger charge is 2.25. The number of aliphatic carboxylic acids is 1. The Morgan fingerprint density at radius 3 is 2.20 bits per heavy atom. The molecule has 0 bridgehead atoms. The first-order valence-corrected chi connectivity index (χ1v) is 6.79. The largest absolute Gasteiger partial charge is 0.481 e. The van der Waals surface area contributed by atoms with Crippen molar-refractivity contribution in [1.82, 2.24) is 10.6 Å². The fourth-order valence-corrected chi connectivity index (χ4v) is 1.41. The topological polar surface area (TPSA) is 122 Å². The minimum atomic E-state index is -0.778. The summed E-state index contributed by atoms with van der Waals surface area (Å²) in [7, 11) is 0. The van der Waals surface area contributed by atoms with Crippen molar-refractivity contribution in [2.24, 2.45) is 11.1 Å². The molecule has 0 fully saturated rings. The zero-order valence-corrected chi connectivity index (χ0v) is 12.2. The summed E-state index contributed by atoms with van der Waals surface area (Å²) in [4.78, 5) is 32.8. The average molecular weight is 287 g/mol. The average Bonchev–Trinajstić information content (AvgIpc) is 2.34. The van der Waals surface area contributed by atoms with Crippen molar-refractivity contribution in [3.8, 4) is 0 Å². The molecule has 0 spiro atoms. The maximum absolute atomic E-state index is 11.4. The molecule has 0 aliphatic rings. The number of carbonyl (C=O) groups is 3. The number of urea groups is 1. The predicted octanol–water partition coefficient (Wildman–Crippen LogP) is 0.832. The van der Waals surface area contributed by atoms with E-state index in [2.05, 4.69) is 10.6 Å². The van der Waals surface area contributed by atoms with Gasteiger partial charge in [-0.15, -0.1) is 0 Å². The lowest BCUT2D eigenvalue weighted by atomic mass is 9.93. The normalized spacial score (nSPS) is 10.9. The maximum atomic E-state index is 11.4. The van der Waals surface area contributed by atoms with Gasteiger partial charge in [0.1, 0.15) is 0 Å². The summed E-state index contributed by atoms with van der Waals surface area (Å²) < 4.78 is 0. The van der Waals surface area contributed by atoms with Gasteiger partial charge in [0, 0.05) is 19.5 Å². The summed E-state index contributed by atoms with van der Waals surface area (Å²) in [5.41, 5.74) is 4.42.